The van der Waals surface area contributed by atoms with E-state index in [1.165, 1.54) is 20.8 Å². The van der Waals surface area contributed by atoms with E-state index >= 15 is 0 Å². The van der Waals surface area contributed by atoms with Crippen molar-refractivity contribution >= 4 is 35.5 Å². The van der Waals surface area contributed by atoms with E-state index < -0.39 is 107 Å². The molecule has 5 aliphatic rings. The highest BCUT2D eigenvalue weighted by Gasteiger charge is 2.78. The van der Waals surface area contributed by atoms with Crippen molar-refractivity contribution in [2.75, 3.05) is 0 Å². The number of esters is 4. The summed E-state index contributed by atoms with van der Waals surface area (Å²) in [4.78, 5) is 50.7. The van der Waals surface area contributed by atoms with Crippen molar-refractivity contribution in [3.05, 3.63) is 12.2 Å². The van der Waals surface area contributed by atoms with E-state index in [0.29, 0.717) is 12.0 Å². The van der Waals surface area contributed by atoms with Gasteiger partial charge >= 0.3 is 23.9 Å². The van der Waals surface area contributed by atoms with Gasteiger partial charge in [-0.05, 0) is 18.9 Å². The first-order valence-corrected chi connectivity index (χ1v) is 14.2. The molecular weight excluding hydrogens is 548 g/mol. The number of aliphatic hydroxyl groups is 1. The highest BCUT2D eigenvalue weighted by Crippen LogP contribution is 2.64. The Morgan fingerprint density at radius 1 is 1.02 bits per heavy atom. The second-order valence-electron chi connectivity index (χ2n) is 12.0. The number of ether oxygens (including phenoxy) is 6. The van der Waals surface area contributed by atoms with Gasteiger partial charge in [0, 0.05) is 37.5 Å². The van der Waals surface area contributed by atoms with Crippen molar-refractivity contribution in [2.45, 2.75) is 114 Å². The van der Waals surface area contributed by atoms with Gasteiger partial charge in [-0.2, -0.15) is 0 Å². The lowest BCUT2D eigenvalue weighted by molar-refractivity contribution is -0.227. The lowest BCUT2D eigenvalue weighted by Crippen LogP contribution is -2.69. The predicted molar refractivity (Wildman–Crippen MR) is 137 cm³/mol. The molecule has 2 aliphatic carbocycles. The molecule has 5 fully saturated rings. The molecule has 3 saturated heterocycles. The average Bonchev–Trinajstić information content (AvgIpc) is 3.79. The minimum atomic E-state index is -2.12. The maximum absolute atomic E-state index is 13.0. The molecule has 3 aliphatic heterocycles. The topological polar surface area (TPSA) is 150 Å². The van der Waals surface area contributed by atoms with Crippen molar-refractivity contribution in [1.82, 2.24) is 0 Å². The van der Waals surface area contributed by atoms with E-state index in [0.717, 1.165) is 0 Å². The number of halogens is 1. The molecule has 14 atom stereocenters. The smallest absolute Gasteiger partial charge is 0.312 e. The number of hydrogen-bond donors (Lipinski definition) is 1. The summed E-state index contributed by atoms with van der Waals surface area (Å²) in [5, 5.41) is 11.4. The van der Waals surface area contributed by atoms with Crippen LogP contribution in [0, 0.1) is 23.2 Å². The van der Waals surface area contributed by atoms with Crippen LogP contribution in [0.3, 0.4) is 0 Å². The molecule has 0 aromatic heterocycles. The maximum Gasteiger partial charge on any atom is 0.312 e. The van der Waals surface area contributed by atoms with Crippen LogP contribution in [0.1, 0.15) is 54.4 Å². The normalized spacial score (nSPS) is 48.8. The van der Waals surface area contributed by atoms with E-state index in [2.05, 4.69) is 6.58 Å². The Balaban J connectivity index is 1.72. The van der Waals surface area contributed by atoms with E-state index in [4.69, 9.17) is 40.0 Å². The van der Waals surface area contributed by atoms with E-state index in [1.54, 1.807) is 6.92 Å². The number of epoxide rings is 2. The quantitative estimate of drug-likeness (QED) is 0.166. The van der Waals surface area contributed by atoms with Gasteiger partial charge in [-0.1, -0.05) is 27.4 Å². The highest BCUT2D eigenvalue weighted by atomic mass is 35.5. The summed E-state index contributed by atoms with van der Waals surface area (Å²) in [6.45, 7) is 13.5. The third kappa shape index (κ3) is 4.26. The molecule has 5 rings (SSSR count). The van der Waals surface area contributed by atoms with Gasteiger partial charge < -0.3 is 33.5 Å². The zero-order chi connectivity index (χ0) is 29.5. The molecular formula is C28H37ClO11. The molecule has 0 bridgehead atoms. The molecule has 11 nitrogen and oxygen atoms in total. The van der Waals surface area contributed by atoms with E-state index in [-0.39, 0.29) is 6.42 Å². The van der Waals surface area contributed by atoms with Crippen LogP contribution in [0.5, 0.6) is 0 Å². The number of carbonyl (C=O) groups excluding carboxylic acids is 4. The lowest BCUT2D eigenvalue weighted by atomic mass is 9.53. The summed E-state index contributed by atoms with van der Waals surface area (Å²) in [5.74, 6) is -5.05. The third-order valence-electron chi connectivity index (χ3n) is 9.52. The van der Waals surface area contributed by atoms with Crippen molar-refractivity contribution in [1.29, 1.82) is 0 Å². The first kappa shape index (κ1) is 29.3. The zero-order valence-corrected chi connectivity index (χ0v) is 24.2. The van der Waals surface area contributed by atoms with Crippen molar-refractivity contribution in [2.24, 2.45) is 23.2 Å². The molecule has 0 aromatic carbocycles. The second-order valence-corrected chi connectivity index (χ2v) is 12.5. The van der Waals surface area contributed by atoms with Crippen molar-refractivity contribution < 1.29 is 52.7 Å². The zero-order valence-electron chi connectivity index (χ0n) is 23.5. The molecule has 1 N–H and O–H groups in total. The largest absolute Gasteiger partial charge is 0.459 e. The Kier molecular flexibility index (Phi) is 7.29. The van der Waals surface area contributed by atoms with Crippen LogP contribution in [-0.4, -0.2) is 88.8 Å². The molecule has 0 aromatic rings. The van der Waals surface area contributed by atoms with Gasteiger partial charge in [-0.15, -0.1) is 11.6 Å². The highest BCUT2D eigenvalue weighted by molar-refractivity contribution is 6.23. The number of fused-ring (bicyclic) bond motifs is 5. The van der Waals surface area contributed by atoms with E-state index in [1.807, 2.05) is 13.8 Å². The van der Waals surface area contributed by atoms with Gasteiger partial charge in [0.1, 0.15) is 36.6 Å². The number of alkyl halides is 1. The van der Waals surface area contributed by atoms with Crippen LogP contribution >= 0.6 is 11.6 Å². The van der Waals surface area contributed by atoms with Crippen molar-refractivity contribution in [3.8, 4) is 0 Å². The van der Waals surface area contributed by atoms with Gasteiger partial charge in [0.2, 0.25) is 0 Å². The van der Waals surface area contributed by atoms with Gasteiger partial charge in [-0.3, -0.25) is 19.2 Å². The SMILES string of the molecule is C=C1[C@H]2O[C@H]2[C@@H](OC(C)=O)[C@]2(C)[C@H]([C@@H](C)[C@H](OC(=O)CCC)[C@@H]3O[C@@H]32)[C@@H](OC(C)=O)[C@]2(O)[C@@H](C)C(=O)O[C@H]2[C@H]1Cl. The lowest BCUT2D eigenvalue weighted by Gasteiger charge is -2.54. The molecule has 222 valence electrons. The number of carbonyl (C=O) groups is 4. The number of hydrogen-bond acceptors (Lipinski definition) is 11. The monoisotopic (exact) mass is 584 g/mol. The summed E-state index contributed by atoms with van der Waals surface area (Å²) in [5.41, 5.74) is -2.92. The molecule has 2 saturated carbocycles. The van der Waals surface area contributed by atoms with Gasteiger partial charge in [-0.25, -0.2) is 0 Å². The minimum absolute atomic E-state index is 0.199. The molecule has 12 heteroatoms. The molecule has 40 heavy (non-hydrogen) atoms. The fourth-order valence-corrected chi connectivity index (χ4v) is 7.88. The first-order chi connectivity index (χ1) is 18.7. The van der Waals surface area contributed by atoms with Crippen LogP contribution in [-0.2, 0) is 47.6 Å². The van der Waals surface area contributed by atoms with Crippen LogP contribution in [0.15, 0.2) is 12.2 Å². The Hall–Kier alpha value is -2.21. The fourth-order valence-electron chi connectivity index (χ4n) is 7.50. The minimum Gasteiger partial charge on any atom is -0.459 e. The van der Waals surface area contributed by atoms with Gasteiger partial charge in [0.25, 0.3) is 0 Å². The summed E-state index contributed by atoms with van der Waals surface area (Å²) < 4.78 is 35.6. The molecule has 0 amide bonds. The average molecular weight is 585 g/mol. The Morgan fingerprint density at radius 3 is 2.25 bits per heavy atom. The first-order valence-electron chi connectivity index (χ1n) is 13.8. The van der Waals surface area contributed by atoms with E-state index in [9.17, 15) is 24.3 Å². The number of rotatable bonds is 5. The van der Waals surface area contributed by atoms with Crippen LogP contribution in [0.4, 0.5) is 0 Å². The summed E-state index contributed by atoms with van der Waals surface area (Å²) in [6, 6.07) is 0. The third-order valence-corrected chi connectivity index (χ3v) is 10.0. The summed E-state index contributed by atoms with van der Waals surface area (Å²) in [7, 11) is 0. The van der Waals surface area contributed by atoms with Crippen molar-refractivity contribution in [3.63, 3.8) is 0 Å². The Labute approximate surface area is 237 Å². The van der Waals surface area contributed by atoms with Crippen LogP contribution < -0.4 is 0 Å². The van der Waals surface area contributed by atoms with Crippen LogP contribution in [0.25, 0.3) is 0 Å². The summed E-state index contributed by atoms with van der Waals surface area (Å²) in [6.07, 6.45) is -6.11. The predicted octanol–water partition coefficient (Wildman–Crippen LogP) is 1.84. The Bertz CT molecular complexity index is 1130. The standard InChI is InChI=1S/C28H37ClO11/c1-8-9-15(32)37-18-10(2)16-22(35-13(5)30)28(34)12(4)26(33)40-23(28)17(29)11(3)19-20(38-19)24(36-14(6)31)27(16,7)25-21(18)39-25/h10,12,16-25,34H,3,8-9H2,1-2,4-7H3/t10-,12+,16-,17+,18+,19-,20-,21+,22-,23+,24-,25+,27+,28-/m1/s1. The second kappa shape index (κ2) is 9.96. The fraction of sp³-hybridized carbons (Fsp3) is 0.786. The van der Waals surface area contributed by atoms with Gasteiger partial charge in [0.05, 0.1) is 17.4 Å². The molecule has 0 radical (unpaired) electrons. The maximum atomic E-state index is 13.0. The van der Waals surface area contributed by atoms with Crippen LogP contribution in [0.2, 0.25) is 0 Å². The molecule has 3 heterocycles. The summed E-state index contributed by atoms with van der Waals surface area (Å²) >= 11 is 6.82. The van der Waals surface area contributed by atoms with Gasteiger partial charge in [0.15, 0.2) is 11.7 Å². The Morgan fingerprint density at radius 2 is 1.65 bits per heavy atom. The molecule has 0 spiro atoms. The molecule has 0 unspecified atom stereocenters.